The third-order valence-electron chi connectivity index (χ3n) is 3.71. The van der Waals surface area contributed by atoms with Crippen LogP contribution in [0.2, 0.25) is 0 Å². The number of amides is 1. The molecule has 4 rings (SSSR count). The summed E-state index contributed by atoms with van der Waals surface area (Å²) in [5.41, 5.74) is 2.19. The first-order valence-electron chi connectivity index (χ1n) is 8.04. The lowest BCUT2D eigenvalue weighted by Crippen LogP contribution is -2.13. The molecule has 8 heteroatoms. The Morgan fingerprint density at radius 3 is 2.81 bits per heavy atom. The largest absolute Gasteiger partial charge is 0.411 e. The van der Waals surface area contributed by atoms with Crippen LogP contribution in [0.5, 0.6) is 0 Å². The van der Waals surface area contributed by atoms with E-state index in [0.717, 1.165) is 28.2 Å². The summed E-state index contributed by atoms with van der Waals surface area (Å²) in [6.45, 7) is 0. The number of rotatable bonds is 5. The number of benzene rings is 2. The van der Waals surface area contributed by atoms with Gasteiger partial charge in [0, 0.05) is 22.8 Å². The number of fused-ring (bicyclic) bond motifs is 1. The molecule has 2 aromatic heterocycles. The highest BCUT2D eigenvalue weighted by atomic mass is 32.2. The van der Waals surface area contributed by atoms with Gasteiger partial charge >= 0.3 is 0 Å². The van der Waals surface area contributed by atoms with Crippen LogP contribution < -0.4 is 5.32 Å². The predicted octanol–water partition coefficient (Wildman–Crippen LogP) is 4.15. The molecule has 0 bridgehead atoms. The SMILES string of the molecule is O=C(CSc1nnc(-c2ccc3ncccc3c2)o1)Nc1ccc(F)cc1. The van der Waals surface area contributed by atoms with Crippen molar-refractivity contribution < 1.29 is 13.6 Å². The normalized spacial score (nSPS) is 10.9. The molecule has 2 heterocycles. The van der Waals surface area contributed by atoms with E-state index in [1.807, 2.05) is 30.3 Å². The maximum atomic E-state index is 12.9. The van der Waals surface area contributed by atoms with Crippen LogP contribution in [0.3, 0.4) is 0 Å². The topological polar surface area (TPSA) is 80.9 Å². The molecule has 0 saturated heterocycles. The minimum absolute atomic E-state index is 0.0979. The van der Waals surface area contributed by atoms with Gasteiger partial charge in [0.15, 0.2) is 0 Å². The molecule has 0 atom stereocenters. The van der Waals surface area contributed by atoms with Gasteiger partial charge in [-0.15, -0.1) is 10.2 Å². The second-order valence-electron chi connectivity index (χ2n) is 5.63. The average Bonchev–Trinajstić information content (AvgIpc) is 3.17. The van der Waals surface area contributed by atoms with Crippen LogP contribution in [-0.2, 0) is 4.79 Å². The van der Waals surface area contributed by atoms with Gasteiger partial charge in [-0.2, -0.15) is 0 Å². The molecule has 0 aliphatic carbocycles. The van der Waals surface area contributed by atoms with E-state index < -0.39 is 0 Å². The molecule has 134 valence electrons. The summed E-state index contributed by atoms with van der Waals surface area (Å²) in [7, 11) is 0. The van der Waals surface area contributed by atoms with Gasteiger partial charge in [0.25, 0.3) is 5.22 Å². The summed E-state index contributed by atoms with van der Waals surface area (Å²) < 4.78 is 18.5. The Bertz CT molecular complexity index is 1100. The molecular weight excluding hydrogens is 367 g/mol. The number of thioether (sulfide) groups is 1. The fourth-order valence-electron chi connectivity index (χ4n) is 2.45. The molecule has 6 nitrogen and oxygen atoms in total. The van der Waals surface area contributed by atoms with Crippen molar-refractivity contribution in [2.45, 2.75) is 5.22 Å². The van der Waals surface area contributed by atoms with Gasteiger partial charge in [-0.1, -0.05) is 17.8 Å². The molecule has 1 N–H and O–H groups in total. The maximum absolute atomic E-state index is 12.9. The molecule has 0 saturated carbocycles. The number of anilines is 1. The molecule has 4 aromatic rings. The highest BCUT2D eigenvalue weighted by Crippen LogP contribution is 2.25. The van der Waals surface area contributed by atoms with Crippen LogP contribution in [0.1, 0.15) is 0 Å². The Hall–Kier alpha value is -3.26. The van der Waals surface area contributed by atoms with Crippen LogP contribution in [0.25, 0.3) is 22.4 Å². The van der Waals surface area contributed by atoms with E-state index in [4.69, 9.17) is 4.42 Å². The lowest BCUT2D eigenvalue weighted by molar-refractivity contribution is -0.113. The number of halogens is 1. The number of nitrogens with one attached hydrogen (secondary N) is 1. The fourth-order valence-corrected chi connectivity index (χ4v) is 3.01. The summed E-state index contributed by atoms with van der Waals surface area (Å²) >= 11 is 1.13. The van der Waals surface area contributed by atoms with E-state index in [9.17, 15) is 9.18 Å². The summed E-state index contributed by atoms with van der Waals surface area (Å²) in [6.07, 6.45) is 1.74. The van der Waals surface area contributed by atoms with E-state index >= 15 is 0 Å². The molecule has 0 aliphatic heterocycles. The van der Waals surface area contributed by atoms with Gasteiger partial charge in [-0.3, -0.25) is 9.78 Å². The summed E-state index contributed by atoms with van der Waals surface area (Å²) in [6, 6.07) is 15.0. The highest BCUT2D eigenvalue weighted by Gasteiger charge is 2.12. The maximum Gasteiger partial charge on any atom is 0.277 e. The standard InChI is InChI=1S/C19H13FN4O2S/c20-14-4-6-15(7-5-14)22-17(25)11-27-19-24-23-18(26-19)13-3-8-16-12(10-13)2-1-9-21-16/h1-10H,11H2,(H,22,25). The van der Waals surface area contributed by atoms with E-state index in [0.29, 0.717) is 16.8 Å². The van der Waals surface area contributed by atoms with Gasteiger partial charge in [-0.05, 0) is 48.5 Å². The van der Waals surface area contributed by atoms with Crippen LogP contribution in [0.15, 0.2) is 70.4 Å². The monoisotopic (exact) mass is 380 g/mol. The molecule has 27 heavy (non-hydrogen) atoms. The van der Waals surface area contributed by atoms with Gasteiger partial charge in [0.05, 0.1) is 11.3 Å². The second-order valence-corrected chi connectivity index (χ2v) is 6.55. The lowest BCUT2D eigenvalue weighted by atomic mass is 10.1. The molecule has 0 spiro atoms. The van der Waals surface area contributed by atoms with Crippen LogP contribution in [-0.4, -0.2) is 26.8 Å². The Labute approximate surface area is 157 Å². The minimum Gasteiger partial charge on any atom is -0.411 e. The molecular formula is C19H13FN4O2S. The van der Waals surface area contributed by atoms with Crippen LogP contribution in [0.4, 0.5) is 10.1 Å². The molecule has 0 unspecified atom stereocenters. The van der Waals surface area contributed by atoms with Crippen molar-refractivity contribution in [3.8, 4) is 11.5 Å². The lowest BCUT2D eigenvalue weighted by Gasteiger charge is -2.03. The van der Waals surface area contributed by atoms with Gasteiger partial charge < -0.3 is 9.73 Å². The Kier molecular flexibility index (Phi) is 4.80. The Balaban J connectivity index is 1.40. The van der Waals surface area contributed by atoms with Crippen molar-refractivity contribution in [2.75, 3.05) is 11.1 Å². The zero-order chi connectivity index (χ0) is 18.6. The molecule has 0 fully saturated rings. The molecule has 0 radical (unpaired) electrons. The van der Waals surface area contributed by atoms with Gasteiger partial charge in [0.1, 0.15) is 5.82 Å². The summed E-state index contributed by atoms with van der Waals surface area (Å²) in [5.74, 6) is -0.128. The third kappa shape index (κ3) is 4.12. The number of aromatic nitrogens is 3. The Morgan fingerprint density at radius 1 is 1.11 bits per heavy atom. The fraction of sp³-hybridized carbons (Fsp3) is 0.0526. The highest BCUT2D eigenvalue weighted by molar-refractivity contribution is 7.99. The first-order chi connectivity index (χ1) is 13.2. The average molecular weight is 380 g/mol. The first kappa shape index (κ1) is 17.2. The van der Waals surface area contributed by atoms with E-state index in [1.54, 1.807) is 6.20 Å². The zero-order valence-corrected chi connectivity index (χ0v) is 14.7. The summed E-state index contributed by atoms with van der Waals surface area (Å²) in [4.78, 5) is 16.2. The summed E-state index contributed by atoms with van der Waals surface area (Å²) in [5, 5.41) is 11.9. The van der Waals surface area contributed by atoms with Crippen LogP contribution in [0, 0.1) is 5.82 Å². The smallest absolute Gasteiger partial charge is 0.277 e. The first-order valence-corrected chi connectivity index (χ1v) is 9.03. The second kappa shape index (κ2) is 7.55. The van der Waals surface area contributed by atoms with Crippen molar-refractivity contribution in [3.63, 3.8) is 0 Å². The van der Waals surface area contributed by atoms with E-state index in [-0.39, 0.29) is 17.5 Å². The molecule has 2 aromatic carbocycles. The van der Waals surface area contributed by atoms with Gasteiger partial charge in [-0.25, -0.2) is 4.39 Å². The van der Waals surface area contributed by atoms with Crippen molar-refractivity contribution in [2.24, 2.45) is 0 Å². The molecule has 1 amide bonds. The van der Waals surface area contributed by atoms with Crippen molar-refractivity contribution in [3.05, 3.63) is 66.6 Å². The minimum atomic E-state index is -0.356. The number of hydrogen-bond donors (Lipinski definition) is 1. The molecule has 0 aliphatic rings. The van der Waals surface area contributed by atoms with Gasteiger partial charge in [0.2, 0.25) is 11.8 Å². The number of carbonyl (C=O) groups excluding carboxylic acids is 1. The quantitative estimate of drug-likeness (QED) is 0.524. The van der Waals surface area contributed by atoms with Crippen LogP contribution >= 0.6 is 11.8 Å². The zero-order valence-electron chi connectivity index (χ0n) is 13.9. The number of hydrogen-bond acceptors (Lipinski definition) is 6. The Morgan fingerprint density at radius 2 is 1.96 bits per heavy atom. The van der Waals surface area contributed by atoms with Crippen molar-refractivity contribution >= 4 is 34.3 Å². The van der Waals surface area contributed by atoms with E-state index in [2.05, 4.69) is 20.5 Å². The predicted molar refractivity (Wildman–Crippen MR) is 101 cm³/mol. The van der Waals surface area contributed by atoms with E-state index in [1.165, 1.54) is 24.3 Å². The third-order valence-corrected chi connectivity index (χ3v) is 4.53. The number of nitrogens with zero attached hydrogens (tertiary/aromatic N) is 3. The number of pyridine rings is 1. The number of carbonyl (C=O) groups is 1. The van der Waals surface area contributed by atoms with Crippen molar-refractivity contribution in [1.29, 1.82) is 0 Å². The van der Waals surface area contributed by atoms with Crippen molar-refractivity contribution in [1.82, 2.24) is 15.2 Å².